The molecule has 1 N–H and O–H groups in total. The van der Waals surface area contributed by atoms with Gasteiger partial charge in [0.1, 0.15) is 0 Å². The zero-order valence-electron chi connectivity index (χ0n) is 10.7. The van der Waals surface area contributed by atoms with E-state index in [0.29, 0.717) is 5.92 Å². The summed E-state index contributed by atoms with van der Waals surface area (Å²) in [7, 11) is 0. The average molecular weight is 255 g/mol. The van der Waals surface area contributed by atoms with E-state index in [2.05, 4.69) is 4.57 Å². The van der Waals surface area contributed by atoms with Crippen molar-refractivity contribution in [3.05, 3.63) is 41.6 Å². The predicted octanol–water partition coefficient (Wildman–Crippen LogP) is 2.87. The smallest absolute Gasteiger partial charge is 0.166 e. The number of carbonyl (C=O) groups excluding carboxylic acids is 1. The molecule has 1 fully saturated rings. The Balaban J connectivity index is 2.17. The number of hydrogen-bond donors (Lipinski definition) is 1. The van der Waals surface area contributed by atoms with Gasteiger partial charge in [-0.1, -0.05) is 30.4 Å². The van der Waals surface area contributed by atoms with Crippen LogP contribution in [0, 0.1) is 5.92 Å². The van der Waals surface area contributed by atoms with Gasteiger partial charge in [0.05, 0.1) is 17.8 Å². The van der Waals surface area contributed by atoms with Crippen LogP contribution in [-0.4, -0.2) is 22.6 Å². The molecule has 1 aromatic carbocycles. The molecule has 19 heavy (non-hydrogen) atoms. The molecule has 3 nitrogen and oxygen atoms in total. The molecule has 1 aromatic heterocycles. The van der Waals surface area contributed by atoms with Gasteiger partial charge in [0, 0.05) is 11.9 Å². The maximum atomic E-state index is 11.2. The number of hydrogen-bond acceptors (Lipinski definition) is 2. The zero-order valence-corrected chi connectivity index (χ0v) is 10.7. The minimum Gasteiger partial charge on any atom is -0.392 e. The number of para-hydroxylation sites is 1. The summed E-state index contributed by atoms with van der Waals surface area (Å²) in [6.45, 7) is 0.946. The second-order valence-electron chi connectivity index (χ2n) is 5.11. The van der Waals surface area contributed by atoms with Crippen molar-refractivity contribution in [3.8, 4) is 0 Å². The first kappa shape index (κ1) is 12.2. The number of benzene rings is 1. The van der Waals surface area contributed by atoms with Gasteiger partial charge in [-0.15, -0.1) is 0 Å². The van der Waals surface area contributed by atoms with Crippen molar-refractivity contribution < 1.29 is 9.90 Å². The molecular weight excluding hydrogens is 238 g/mol. The lowest BCUT2D eigenvalue weighted by atomic mass is 10.1. The molecule has 3 heteroatoms. The molecule has 0 unspecified atom stereocenters. The molecule has 1 aliphatic carbocycles. The van der Waals surface area contributed by atoms with Gasteiger partial charge in [-0.05, 0) is 30.4 Å². The molecule has 0 radical (unpaired) electrons. The van der Waals surface area contributed by atoms with Crippen LogP contribution in [0.15, 0.2) is 30.3 Å². The summed E-state index contributed by atoms with van der Waals surface area (Å²) in [5.74, 6) is 0.712. The number of aliphatic hydroxyl groups is 1. The molecule has 0 atom stereocenters. The Morgan fingerprint density at radius 2 is 2.21 bits per heavy atom. The summed E-state index contributed by atoms with van der Waals surface area (Å²) in [5, 5.41) is 10.0. The Bertz CT molecular complexity index is 635. The van der Waals surface area contributed by atoms with Gasteiger partial charge in [0.2, 0.25) is 0 Å². The van der Waals surface area contributed by atoms with Gasteiger partial charge >= 0.3 is 0 Å². The van der Waals surface area contributed by atoms with E-state index in [9.17, 15) is 4.79 Å². The van der Waals surface area contributed by atoms with E-state index in [1.165, 1.54) is 12.8 Å². The largest absolute Gasteiger partial charge is 0.392 e. The minimum atomic E-state index is 0.0280. The van der Waals surface area contributed by atoms with Gasteiger partial charge in [-0.2, -0.15) is 0 Å². The van der Waals surface area contributed by atoms with Crippen LogP contribution in [0.1, 0.15) is 28.9 Å². The highest BCUT2D eigenvalue weighted by molar-refractivity contribution is 5.94. The van der Waals surface area contributed by atoms with Crippen LogP contribution in [0.3, 0.4) is 0 Å². The van der Waals surface area contributed by atoms with Crippen molar-refractivity contribution in [2.24, 2.45) is 5.92 Å². The summed E-state index contributed by atoms with van der Waals surface area (Å²) in [6, 6.07) is 7.98. The Kier molecular flexibility index (Phi) is 3.22. The Labute approximate surface area is 112 Å². The Morgan fingerprint density at radius 3 is 2.89 bits per heavy atom. The number of fused-ring (bicyclic) bond motifs is 1. The fraction of sp³-hybridized carbons (Fsp3) is 0.312. The van der Waals surface area contributed by atoms with Crippen LogP contribution in [0.5, 0.6) is 0 Å². The Hall–Kier alpha value is -1.87. The van der Waals surface area contributed by atoms with E-state index in [1.54, 1.807) is 6.08 Å². The van der Waals surface area contributed by atoms with Crippen molar-refractivity contribution >= 4 is 23.3 Å². The fourth-order valence-corrected chi connectivity index (χ4v) is 2.54. The van der Waals surface area contributed by atoms with Crippen LogP contribution in [-0.2, 0) is 6.54 Å². The molecule has 1 saturated carbocycles. The second-order valence-corrected chi connectivity index (χ2v) is 5.11. The normalized spacial score (nSPS) is 15.4. The highest BCUT2D eigenvalue weighted by atomic mass is 16.2. The molecule has 0 saturated heterocycles. The molecule has 0 spiro atoms. The van der Waals surface area contributed by atoms with E-state index in [4.69, 9.17) is 5.11 Å². The van der Waals surface area contributed by atoms with Gasteiger partial charge in [-0.3, -0.25) is 4.79 Å². The Morgan fingerprint density at radius 1 is 1.37 bits per heavy atom. The topological polar surface area (TPSA) is 42.2 Å². The SMILES string of the molecule is O=Cc1cc2cccc(/C=C/CO)c2n1CC1CC1. The van der Waals surface area contributed by atoms with E-state index in [-0.39, 0.29) is 6.61 Å². The zero-order chi connectivity index (χ0) is 13.2. The van der Waals surface area contributed by atoms with E-state index in [1.807, 2.05) is 30.3 Å². The minimum absolute atomic E-state index is 0.0280. The van der Waals surface area contributed by atoms with Gasteiger partial charge < -0.3 is 9.67 Å². The van der Waals surface area contributed by atoms with Crippen molar-refractivity contribution in [1.82, 2.24) is 4.57 Å². The molecule has 1 heterocycles. The van der Waals surface area contributed by atoms with E-state index < -0.39 is 0 Å². The number of aromatic nitrogens is 1. The lowest BCUT2D eigenvalue weighted by molar-refractivity contribution is 0.111. The molecule has 98 valence electrons. The van der Waals surface area contributed by atoms with Crippen LogP contribution >= 0.6 is 0 Å². The molecule has 1 aliphatic rings. The quantitative estimate of drug-likeness (QED) is 0.835. The van der Waals surface area contributed by atoms with E-state index in [0.717, 1.165) is 35.0 Å². The maximum Gasteiger partial charge on any atom is 0.166 e. The van der Waals surface area contributed by atoms with Crippen LogP contribution < -0.4 is 0 Å². The molecular formula is C16H17NO2. The van der Waals surface area contributed by atoms with E-state index >= 15 is 0 Å². The second kappa shape index (κ2) is 5.02. The average Bonchev–Trinajstić information content (AvgIpc) is 3.17. The first-order valence-corrected chi connectivity index (χ1v) is 6.68. The number of carbonyl (C=O) groups is 1. The maximum absolute atomic E-state index is 11.2. The van der Waals surface area contributed by atoms with Gasteiger partial charge in [-0.25, -0.2) is 0 Å². The summed E-state index contributed by atoms with van der Waals surface area (Å²) in [5.41, 5.74) is 2.90. The van der Waals surface area contributed by atoms with Crippen molar-refractivity contribution in [3.63, 3.8) is 0 Å². The first-order valence-electron chi connectivity index (χ1n) is 6.68. The molecule has 0 bridgehead atoms. The summed E-state index contributed by atoms with van der Waals surface area (Å²) in [4.78, 5) is 11.2. The summed E-state index contributed by atoms with van der Waals surface area (Å²) < 4.78 is 2.12. The summed E-state index contributed by atoms with van der Waals surface area (Å²) in [6.07, 6.45) is 7.09. The van der Waals surface area contributed by atoms with Crippen molar-refractivity contribution in [2.45, 2.75) is 19.4 Å². The summed E-state index contributed by atoms with van der Waals surface area (Å²) >= 11 is 0. The van der Waals surface area contributed by atoms with Crippen LogP contribution in [0.25, 0.3) is 17.0 Å². The first-order chi connectivity index (χ1) is 9.33. The van der Waals surface area contributed by atoms with Crippen LogP contribution in [0.4, 0.5) is 0 Å². The van der Waals surface area contributed by atoms with Gasteiger partial charge in [0.15, 0.2) is 6.29 Å². The van der Waals surface area contributed by atoms with Crippen molar-refractivity contribution in [1.29, 1.82) is 0 Å². The van der Waals surface area contributed by atoms with Crippen molar-refractivity contribution in [2.75, 3.05) is 6.61 Å². The fourth-order valence-electron chi connectivity index (χ4n) is 2.54. The number of nitrogens with zero attached hydrogens (tertiary/aromatic N) is 1. The predicted molar refractivity (Wildman–Crippen MR) is 76.2 cm³/mol. The standard InChI is InChI=1S/C16H17NO2/c18-8-2-5-13-3-1-4-14-9-15(11-19)17(16(13)14)10-12-6-7-12/h1-5,9,11-12,18H,6-8,10H2/b5-2+. The number of aliphatic hydroxyl groups excluding tert-OH is 1. The molecule has 2 aromatic rings. The third-order valence-electron chi connectivity index (χ3n) is 3.64. The molecule has 0 amide bonds. The highest BCUT2D eigenvalue weighted by Gasteiger charge is 2.24. The number of rotatable bonds is 5. The third kappa shape index (κ3) is 2.34. The van der Waals surface area contributed by atoms with Crippen LogP contribution in [0.2, 0.25) is 0 Å². The third-order valence-corrected chi connectivity index (χ3v) is 3.64. The molecule has 3 rings (SSSR count). The molecule has 0 aliphatic heterocycles. The number of aldehydes is 1. The monoisotopic (exact) mass is 255 g/mol. The lowest BCUT2D eigenvalue weighted by Crippen LogP contribution is -2.04. The highest BCUT2D eigenvalue weighted by Crippen LogP contribution is 2.34. The lowest BCUT2D eigenvalue weighted by Gasteiger charge is -2.08. The van der Waals surface area contributed by atoms with Gasteiger partial charge in [0.25, 0.3) is 0 Å².